The van der Waals surface area contributed by atoms with E-state index in [0.29, 0.717) is 0 Å². The van der Waals surface area contributed by atoms with Crippen molar-refractivity contribution in [2.45, 2.75) is 6.92 Å². The highest BCUT2D eigenvalue weighted by atomic mass is 15.0. The Morgan fingerprint density at radius 3 is 2.88 bits per heavy atom. The van der Waals surface area contributed by atoms with Crippen molar-refractivity contribution in [3.8, 4) is 11.5 Å². The lowest BCUT2D eigenvalue weighted by molar-refractivity contribution is 1.17. The molecule has 0 unspecified atom stereocenters. The molecule has 0 fully saturated rings. The minimum atomic E-state index is 0.784. The van der Waals surface area contributed by atoms with Crippen LogP contribution < -0.4 is 0 Å². The fraction of sp³-hybridized carbons (Fsp3) is 0.0833. The molecule has 16 heavy (non-hydrogen) atoms. The molecule has 1 N–H and O–H groups in total. The van der Waals surface area contributed by atoms with Crippen LogP contribution in [-0.2, 0) is 0 Å². The Labute approximate surface area is 92.4 Å². The largest absolute Gasteiger partial charge is 0.335 e. The van der Waals surface area contributed by atoms with Crippen LogP contribution in [0.5, 0.6) is 0 Å². The number of aromatic nitrogens is 4. The van der Waals surface area contributed by atoms with Crippen LogP contribution in [0.3, 0.4) is 0 Å². The van der Waals surface area contributed by atoms with Gasteiger partial charge in [0.05, 0.1) is 17.2 Å². The molecule has 0 bridgehead atoms. The van der Waals surface area contributed by atoms with Crippen LogP contribution in [0, 0.1) is 6.92 Å². The van der Waals surface area contributed by atoms with E-state index in [1.807, 2.05) is 31.2 Å². The van der Waals surface area contributed by atoms with Crippen LogP contribution in [-0.4, -0.2) is 19.9 Å². The zero-order valence-electron chi connectivity index (χ0n) is 8.81. The highest BCUT2D eigenvalue weighted by Crippen LogP contribution is 2.17. The molecule has 78 valence electrons. The van der Waals surface area contributed by atoms with Gasteiger partial charge in [0, 0.05) is 11.9 Å². The number of pyridine rings is 2. The summed E-state index contributed by atoms with van der Waals surface area (Å²) >= 11 is 0. The summed E-state index contributed by atoms with van der Waals surface area (Å²) in [6, 6.07) is 7.76. The van der Waals surface area contributed by atoms with Gasteiger partial charge in [-0.1, -0.05) is 6.07 Å². The van der Waals surface area contributed by atoms with Crippen molar-refractivity contribution in [2.75, 3.05) is 0 Å². The summed E-state index contributed by atoms with van der Waals surface area (Å²) in [5.41, 5.74) is 3.68. The first-order valence-electron chi connectivity index (χ1n) is 5.07. The van der Waals surface area contributed by atoms with Crippen LogP contribution in [0.25, 0.3) is 22.6 Å². The molecular weight excluding hydrogens is 200 g/mol. The van der Waals surface area contributed by atoms with Gasteiger partial charge < -0.3 is 4.98 Å². The number of hydrogen-bond acceptors (Lipinski definition) is 3. The number of aromatic amines is 1. The van der Waals surface area contributed by atoms with Gasteiger partial charge in [-0.25, -0.2) is 9.97 Å². The summed E-state index contributed by atoms with van der Waals surface area (Å²) in [7, 11) is 0. The SMILES string of the molecule is Cc1cccc(-c2nc3ccncc3[nH]2)n1. The lowest BCUT2D eigenvalue weighted by Crippen LogP contribution is -1.87. The maximum Gasteiger partial charge on any atom is 0.157 e. The molecule has 4 nitrogen and oxygen atoms in total. The fourth-order valence-electron chi connectivity index (χ4n) is 1.65. The van der Waals surface area contributed by atoms with Crippen molar-refractivity contribution in [1.82, 2.24) is 19.9 Å². The molecule has 0 aliphatic heterocycles. The number of imidazole rings is 1. The molecule has 0 saturated carbocycles. The predicted molar refractivity (Wildman–Crippen MR) is 61.9 cm³/mol. The van der Waals surface area contributed by atoms with Gasteiger partial charge in [-0.3, -0.25) is 4.98 Å². The number of hydrogen-bond donors (Lipinski definition) is 1. The molecule has 0 aliphatic rings. The average Bonchev–Trinajstić information content (AvgIpc) is 2.72. The van der Waals surface area contributed by atoms with Crippen LogP contribution in [0.1, 0.15) is 5.69 Å². The molecule has 3 aromatic rings. The van der Waals surface area contributed by atoms with Gasteiger partial charge >= 0.3 is 0 Å². The zero-order chi connectivity index (χ0) is 11.0. The molecule has 0 radical (unpaired) electrons. The Kier molecular flexibility index (Phi) is 1.93. The van der Waals surface area contributed by atoms with Crippen molar-refractivity contribution >= 4 is 11.0 Å². The first-order valence-corrected chi connectivity index (χ1v) is 5.07. The van der Waals surface area contributed by atoms with Gasteiger partial charge in [0.25, 0.3) is 0 Å². The number of aryl methyl sites for hydroxylation is 1. The van der Waals surface area contributed by atoms with Gasteiger partial charge in [0.1, 0.15) is 5.69 Å². The standard InChI is InChI=1S/C12H10N4/c1-8-3-2-4-10(14-8)12-15-9-5-6-13-7-11(9)16-12/h2-7H,1H3,(H,15,16). The Hall–Kier alpha value is -2.23. The second kappa shape index (κ2) is 3.41. The molecule has 3 rings (SSSR count). The molecule has 3 aromatic heterocycles. The van der Waals surface area contributed by atoms with E-state index in [4.69, 9.17) is 0 Å². The Morgan fingerprint density at radius 2 is 2.06 bits per heavy atom. The molecule has 0 aromatic carbocycles. The monoisotopic (exact) mass is 210 g/mol. The summed E-state index contributed by atoms with van der Waals surface area (Å²) in [6.45, 7) is 1.97. The second-order valence-corrected chi connectivity index (χ2v) is 3.64. The molecule has 0 saturated heterocycles. The average molecular weight is 210 g/mol. The summed E-state index contributed by atoms with van der Waals surface area (Å²) < 4.78 is 0. The van der Waals surface area contributed by atoms with Crippen molar-refractivity contribution < 1.29 is 0 Å². The topological polar surface area (TPSA) is 54.5 Å². The van der Waals surface area contributed by atoms with E-state index in [9.17, 15) is 0 Å². The summed E-state index contributed by atoms with van der Waals surface area (Å²) in [6.07, 6.45) is 3.50. The third kappa shape index (κ3) is 1.44. The van der Waals surface area contributed by atoms with E-state index in [2.05, 4.69) is 19.9 Å². The van der Waals surface area contributed by atoms with Gasteiger partial charge in [0.15, 0.2) is 5.82 Å². The third-order valence-corrected chi connectivity index (χ3v) is 2.41. The highest BCUT2D eigenvalue weighted by molar-refractivity contribution is 5.77. The molecule has 4 heteroatoms. The highest BCUT2D eigenvalue weighted by Gasteiger charge is 2.05. The van der Waals surface area contributed by atoms with Crippen LogP contribution in [0.2, 0.25) is 0 Å². The van der Waals surface area contributed by atoms with Crippen molar-refractivity contribution in [2.24, 2.45) is 0 Å². The second-order valence-electron chi connectivity index (χ2n) is 3.64. The summed E-state index contributed by atoms with van der Waals surface area (Å²) in [5.74, 6) is 0.784. The van der Waals surface area contributed by atoms with E-state index < -0.39 is 0 Å². The van der Waals surface area contributed by atoms with Gasteiger partial charge in [-0.05, 0) is 25.1 Å². The molecule has 3 heterocycles. The Balaban J connectivity index is 2.19. The van der Waals surface area contributed by atoms with Crippen LogP contribution in [0.15, 0.2) is 36.7 Å². The van der Waals surface area contributed by atoms with Crippen molar-refractivity contribution in [1.29, 1.82) is 0 Å². The fourth-order valence-corrected chi connectivity index (χ4v) is 1.65. The predicted octanol–water partition coefficient (Wildman–Crippen LogP) is 2.33. The lowest BCUT2D eigenvalue weighted by Gasteiger charge is -1.96. The molecule has 0 aliphatic carbocycles. The quantitative estimate of drug-likeness (QED) is 0.670. The summed E-state index contributed by atoms with van der Waals surface area (Å²) in [5, 5.41) is 0. The van der Waals surface area contributed by atoms with Gasteiger partial charge in [0.2, 0.25) is 0 Å². The van der Waals surface area contributed by atoms with Crippen LogP contribution >= 0.6 is 0 Å². The normalized spacial score (nSPS) is 10.8. The van der Waals surface area contributed by atoms with Crippen molar-refractivity contribution in [3.63, 3.8) is 0 Å². The van der Waals surface area contributed by atoms with Gasteiger partial charge in [-0.15, -0.1) is 0 Å². The summed E-state index contributed by atoms with van der Waals surface area (Å²) in [4.78, 5) is 16.1. The maximum absolute atomic E-state index is 4.47. The lowest BCUT2D eigenvalue weighted by atomic mass is 10.3. The minimum absolute atomic E-state index is 0.784. The van der Waals surface area contributed by atoms with E-state index in [0.717, 1.165) is 28.2 Å². The van der Waals surface area contributed by atoms with Crippen LogP contribution in [0.4, 0.5) is 0 Å². The van der Waals surface area contributed by atoms with Crippen molar-refractivity contribution in [3.05, 3.63) is 42.4 Å². The first kappa shape index (κ1) is 9.03. The number of fused-ring (bicyclic) bond motifs is 1. The van der Waals surface area contributed by atoms with E-state index in [1.54, 1.807) is 12.4 Å². The van der Waals surface area contributed by atoms with E-state index in [-0.39, 0.29) is 0 Å². The molecular formula is C12H10N4. The number of nitrogens with one attached hydrogen (secondary N) is 1. The number of H-pyrrole nitrogens is 1. The van der Waals surface area contributed by atoms with Gasteiger partial charge in [-0.2, -0.15) is 0 Å². The zero-order valence-corrected chi connectivity index (χ0v) is 8.81. The van der Waals surface area contributed by atoms with E-state index >= 15 is 0 Å². The molecule has 0 atom stereocenters. The number of nitrogens with zero attached hydrogens (tertiary/aromatic N) is 3. The smallest absolute Gasteiger partial charge is 0.157 e. The number of rotatable bonds is 1. The molecule has 0 amide bonds. The Morgan fingerprint density at radius 1 is 1.12 bits per heavy atom. The Bertz CT molecular complexity index is 609. The van der Waals surface area contributed by atoms with E-state index in [1.165, 1.54) is 0 Å². The minimum Gasteiger partial charge on any atom is -0.335 e. The molecule has 0 spiro atoms. The first-order chi connectivity index (χ1) is 7.83. The maximum atomic E-state index is 4.47. The third-order valence-electron chi connectivity index (χ3n) is 2.41.